The third-order valence-electron chi connectivity index (χ3n) is 3.34. The Morgan fingerprint density at radius 3 is 2.36 bits per heavy atom. The summed E-state index contributed by atoms with van der Waals surface area (Å²) in [6.07, 6.45) is 0.261. The molecular weight excluding hydrogens is 410 g/mol. The SMILES string of the molecule is CC(=O)NS(=O)(=O)c1ccc(NC(=O)C(C)OC(=O)c2cccnc2Cl)cc1. The van der Waals surface area contributed by atoms with Crippen LogP contribution in [0.25, 0.3) is 0 Å². The van der Waals surface area contributed by atoms with Crippen LogP contribution < -0.4 is 10.0 Å². The molecule has 11 heteroatoms. The van der Waals surface area contributed by atoms with Gasteiger partial charge in [-0.3, -0.25) is 9.59 Å². The third-order valence-corrected chi connectivity index (χ3v) is 5.09. The predicted octanol–water partition coefficient (Wildman–Crippen LogP) is 1.74. The molecule has 1 heterocycles. The number of carbonyl (C=O) groups excluding carboxylic acids is 3. The molecule has 9 nitrogen and oxygen atoms in total. The van der Waals surface area contributed by atoms with Crippen LogP contribution in [0.2, 0.25) is 5.15 Å². The third kappa shape index (κ3) is 5.51. The maximum Gasteiger partial charge on any atom is 0.342 e. The predicted molar refractivity (Wildman–Crippen MR) is 100 cm³/mol. The number of amides is 2. The van der Waals surface area contributed by atoms with Crippen molar-refractivity contribution < 1.29 is 27.5 Å². The van der Waals surface area contributed by atoms with Crippen LogP contribution in [0.4, 0.5) is 5.69 Å². The molecule has 0 saturated heterocycles. The molecule has 28 heavy (non-hydrogen) atoms. The Labute approximate surface area is 166 Å². The molecule has 0 spiro atoms. The van der Waals surface area contributed by atoms with Crippen LogP contribution in [0.15, 0.2) is 47.5 Å². The molecule has 1 atom stereocenters. The second-order valence-corrected chi connectivity index (χ2v) is 7.61. The Bertz CT molecular complexity index is 1010. The van der Waals surface area contributed by atoms with E-state index in [4.69, 9.17) is 16.3 Å². The summed E-state index contributed by atoms with van der Waals surface area (Å²) in [6, 6.07) is 8.01. The topological polar surface area (TPSA) is 132 Å². The normalized spacial score (nSPS) is 12.0. The molecular formula is C17H16ClN3O6S. The second kappa shape index (κ2) is 8.81. The van der Waals surface area contributed by atoms with E-state index in [9.17, 15) is 22.8 Å². The fraction of sp³-hybridized carbons (Fsp3) is 0.176. The van der Waals surface area contributed by atoms with E-state index in [2.05, 4.69) is 10.3 Å². The van der Waals surface area contributed by atoms with Crippen molar-refractivity contribution in [2.24, 2.45) is 0 Å². The van der Waals surface area contributed by atoms with Crippen molar-refractivity contribution in [2.75, 3.05) is 5.32 Å². The molecule has 0 radical (unpaired) electrons. The number of nitrogens with zero attached hydrogens (tertiary/aromatic N) is 1. The lowest BCUT2D eigenvalue weighted by Gasteiger charge is -2.14. The van der Waals surface area contributed by atoms with E-state index < -0.39 is 33.9 Å². The molecule has 0 bridgehead atoms. The van der Waals surface area contributed by atoms with Crippen LogP contribution in [0.1, 0.15) is 24.2 Å². The Kier molecular flexibility index (Phi) is 6.71. The van der Waals surface area contributed by atoms with Gasteiger partial charge in [-0.05, 0) is 43.3 Å². The number of hydrogen-bond donors (Lipinski definition) is 2. The largest absolute Gasteiger partial charge is 0.449 e. The first-order chi connectivity index (χ1) is 13.1. The smallest absolute Gasteiger partial charge is 0.342 e. The maximum absolute atomic E-state index is 12.2. The van der Waals surface area contributed by atoms with Gasteiger partial charge in [0.15, 0.2) is 6.10 Å². The highest BCUT2D eigenvalue weighted by Crippen LogP contribution is 2.16. The van der Waals surface area contributed by atoms with Crippen molar-refractivity contribution in [2.45, 2.75) is 24.8 Å². The van der Waals surface area contributed by atoms with Crippen molar-refractivity contribution in [3.8, 4) is 0 Å². The van der Waals surface area contributed by atoms with Crippen LogP contribution in [-0.2, 0) is 24.3 Å². The van der Waals surface area contributed by atoms with Gasteiger partial charge in [-0.25, -0.2) is 22.9 Å². The van der Waals surface area contributed by atoms with Gasteiger partial charge in [-0.2, -0.15) is 0 Å². The summed E-state index contributed by atoms with van der Waals surface area (Å²) in [5.74, 6) is -2.16. The summed E-state index contributed by atoms with van der Waals surface area (Å²) < 4.78 is 30.6. The first kappa shape index (κ1) is 21.3. The van der Waals surface area contributed by atoms with E-state index in [0.717, 1.165) is 6.92 Å². The van der Waals surface area contributed by atoms with Gasteiger partial charge in [-0.1, -0.05) is 11.6 Å². The second-order valence-electron chi connectivity index (χ2n) is 5.56. The minimum Gasteiger partial charge on any atom is -0.449 e. The Hall–Kier alpha value is -2.98. The van der Waals surface area contributed by atoms with Crippen molar-refractivity contribution in [3.63, 3.8) is 0 Å². The standard InChI is InChI=1S/C17H16ClN3O6S/c1-10(27-17(24)14-4-3-9-19-15(14)18)16(23)20-12-5-7-13(8-6-12)28(25,26)21-11(2)22/h3-10H,1-2H3,(H,20,23)(H,21,22). The van der Waals surface area contributed by atoms with Crippen molar-refractivity contribution in [1.82, 2.24) is 9.71 Å². The van der Waals surface area contributed by atoms with Gasteiger partial charge < -0.3 is 10.1 Å². The lowest BCUT2D eigenvalue weighted by atomic mass is 10.2. The summed E-state index contributed by atoms with van der Waals surface area (Å²) in [5, 5.41) is 2.44. The Balaban J connectivity index is 2.01. The number of nitrogens with one attached hydrogen (secondary N) is 2. The number of carbonyl (C=O) groups is 3. The fourth-order valence-electron chi connectivity index (χ4n) is 2.03. The maximum atomic E-state index is 12.2. The van der Waals surface area contributed by atoms with Gasteiger partial charge in [-0.15, -0.1) is 0 Å². The molecule has 0 aliphatic carbocycles. The van der Waals surface area contributed by atoms with Gasteiger partial charge >= 0.3 is 5.97 Å². The molecule has 1 aromatic heterocycles. The highest BCUT2D eigenvalue weighted by molar-refractivity contribution is 7.90. The Morgan fingerprint density at radius 1 is 1.14 bits per heavy atom. The molecule has 1 unspecified atom stereocenters. The summed E-state index contributed by atoms with van der Waals surface area (Å²) in [6.45, 7) is 2.45. The highest BCUT2D eigenvalue weighted by atomic mass is 35.5. The monoisotopic (exact) mass is 425 g/mol. The number of ether oxygens (including phenoxy) is 1. The number of esters is 1. The summed E-state index contributed by atoms with van der Waals surface area (Å²) in [5.41, 5.74) is 0.297. The lowest BCUT2D eigenvalue weighted by Crippen LogP contribution is -2.30. The number of aromatic nitrogens is 1. The minimum atomic E-state index is -3.97. The van der Waals surface area contributed by atoms with Crippen LogP contribution in [-0.4, -0.2) is 37.3 Å². The van der Waals surface area contributed by atoms with Gasteiger partial charge in [0.25, 0.3) is 15.9 Å². The molecule has 148 valence electrons. The summed E-state index contributed by atoms with van der Waals surface area (Å²) >= 11 is 5.81. The zero-order valence-electron chi connectivity index (χ0n) is 14.8. The zero-order valence-corrected chi connectivity index (χ0v) is 16.4. The average Bonchev–Trinajstić information content (AvgIpc) is 2.61. The minimum absolute atomic E-state index is 0.0244. The molecule has 2 rings (SSSR count). The number of anilines is 1. The van der Waals surface area contributed by atoms with Crippen molar-refractivity contribution >= 4 is 45.1 Å². The average molecular weight is 426 g/mol. The van der Waals surface area contributed by atoms with Crippen molar-refractivity contribution in [3.05, 3.63) is 53.3 Å². The number of halogens is 1. The lowest BCUT2D eigenvalue weighted by molar-refractivity contribution is -0.123. The molecule has 1 aromatic carbocycles. The first-order valence-electron chi connectivity index (χ1n) is 7.86. The first-order valence-corrected chi connectivity index (χ1v) is 9.72. The molecule has 0 aliphatic heterocycles. The molecule has 2 aromatic rings. The van der Waals surface area contributed by atoms with Crippen LogP contribution >= 0.6 is 11.6 Å². The van der Waals surface area contributed by atoms with Crippen LogP contribution in [0.5, 0.6) is 0 Å². The summed E-state index contributed by atoms with van der Waals surface area (Å²) in [4.78, 5) is 38.8. The van der Waals surface area contributed by atoms with Gasteiger partial charge in [0.1, 0.15) is 5.15 Å². The Morgan fingerprint density at radius 2 is 1.79 bits per heavy atom. The van der Waals surface area contributed by atoms with Gasteiger partial charge in [0, 0.05) is 18.8 Å². The van der Waals surface area contributed by atoms with Crippen molar-refractivity contribution in [1.29, 1.82) is 0 Å². The van der Waals surface area contributed by atoms with Crippen LogP contribution in [0, 0.1) is 0 Å². The van der Waals surface area contributed by atoms with Gasteiger partial charge in [0.05, 0.1) is 10.5 Å². The molecule has 2 amide bonds. The van der Waals surface area contributed by atoms with E-state index in [1.807, 2.05) is 4.72 Å². The molecule has 0 saturated carbocycles. The number of rotatable bonds is 6. The molecule has 0 aliphatic rings. The quantitative estimate of drug-likeness (QED) is 0.532. The van der Waals surface area contributed by atoms with E-state index in [1.54, 1.807) is 0 Å². The number of pyridine rings is 1. The number of sulfonamides is 1. The zero-order chi connectivity index (χ0) is 20.9. The number of hydrogen-bond acceptors (Lipinski definition) is 7. The van der Waals surface area contributed by atoms with E-state index >= 15 is 0 Å². The van der Waals surface area contributed by atoms with E-state index in [0.29, 0.717) is 0 Å². The van der Waals surface area contributed by atoms with Crippen LogP contribution in [0.3, 0.4) is 0 Å². The van der Waals surface area contributed by atoms with E-state index in [-0.39, 0.29) is 21.3 Å². The molecule has 0 fully saturated rings. The summed E-state index contributed by atoms with van der Waals surface area (Å²) in [7, 11) is -3.97. The highest BCUT2D eigenvalue weighted by Gasteiger charge is 2.21. The number of benzene rings is 1. The fourth-order valence-corrected chi connectivity index (χ4v) is 3.21. The van der Waals surface area contributed by atoms with E-state index in [1.165, 1.54) is 49.5 Å². The van der Waals surface area contributed by atoms with Gasteiger partial charge in [0.2, 0.25) is 5.91 Å². The molecule has 2 N–H and O–H groups in total.